The molecule has 0 spiro atoms. The minimum atomic E-state index is -1.16. The number of aliphatic hydroxyl groups is 6. The first-order valence-corrected chi connectivity index (χ1v) is 8.09. The normalized spacial score (nSPS) is 10.2. The molecule has 0 unspecified atom stereocenters. The van der Waals surface area contributed by atoms with Gasteiger partial charge in [-0.3, -0.25) is 14.4 Å². The summed E-state index contributed by atoms with van der Waals surface area (Å²) in [5, 5.41) is 76.4. The molecule has 0 aromatic carbocycles. The molecule has 29 heavy (non-hydrogen) atoms. The molecule has 0 aliphatic rings. The average molecular weight is 434 g/mol. The van der Waals surface area contributed by atoms with Gasteiger partial charge in [-0.15, -0.1) is 0 Å². The summed E-state index contributed by atoms with van der Waals surface area (Å²) < 4.78 is 5.15. The van der Waals surface area contributed by atoms with Crippen molar-refractivity contribution in [3.8, 4) is 0 Å². The van der Waals surface area contributed by atoms with E-state index in [1.54, 1.807) is 0 Å². The van der Waals surface area contributed by atoms with Gasteiger partial charge in [-0.2, -0.15) is 0 Å². The highest BCUT2D eigenvalue weighted by Crippen LogP contribution is 2.19. The highest BCUT2D eigenvalue weighted by molar-refractivity contribution is 5.63. The second-order valence-corrected chi connectivity index (χ2v) is 6.00. The number of aliphatic carboxylic acids is 3. The fourth-order valence-corrected chi connectivity index (χ4v) is 1.06. The smallest absolute Gasteiger partial charge is 0.300 e. The van der Waals surface area contributed by atoms with E-state index in [1.165, 1.54) is 0 Å². The molecule has 0 saturated carbocycles. The van der Waals surface area contributed by atoms with E-state index in [0.717, 1.165) is 20.8 Å². The van der Waals surface area contributed by atoms with Gasteiger partial charge >= 0.3 is 0 Å². The minimum Gasteiger partial charge on any atom is -0.481 e. The Balaban J connectivity index is -0.000000212. The van der Waals surface area contributed by atoms with Gasteiger partial charge in [-0.1, -0.05) is 0 Å². The van der Waals surface area contributed by atoms with Crippen molar-refractivity contribution in [1.82, 2.24) is 0 Å². The molecular formula is C16H34O13. The van der Waals surface area contributed by atoms with E-state index in [0.29, 0.717) is 0 Å². The first-order chi connectivity index (χ1) is 13.3. The zero-order valence-corrected chi connectivity index (χ0v) is 16.8. The summed E-state index contributed by atoms with van der Waals surface area (Å²) in [4.78, 5) is 27.0. The van der Waals surface area contributed by atoms with E-state index < -0.39 is 68.4 Å². The van der Waals surface area contributed by atoms with Crippen LogP contribution in [0.3, 0.4) is 0 Å². The Morgan fingerprint density at radius 2 is 0.690 bits per heavy atom. The van der Waals surface area contributed by atoms with Crippen molar-refractivity contribution < 1.29 is 65.1 Å². The van der Waals surface area contributed by atoms with Crippen molar-refractivity contribution in [2.75, 3.05) is 52.9 Å². The monoisotopic (exact) mass is 434 g/mol. The fraction of sp³-hybridized carbons (Fsp3) is 0.812. The molecule has 0 aliphatic carbocycles. The Bertz CT molecular complexity index is 340. The molecule has 0 saturated heterocycles. The molecule has 0 heterocycles. The van der Waals surface area contributed by atoms with Crippen molar-refractivity contribution in [3.63, 3.8) is 0 Å². The lowest BCUT2D eigenvalue weighted by atomic mass is 9.91. The van der Waals surface area contributed by atoms with Crippen LogP contribution in [0.1, 0.15) is 20.8 Å². The number of hydrogen-bond donors (Lipinski definition) is 9. The highest BCUT2D eigenvalue weighted by atomic mass is 16.5. The van der Waals surface area contributed by atoms with E-state index in [2.05, 4.69) is 0 Å². The third-order valence-electron chi connectivity index (χ3n) is 2.83. The molecule has 0 aromatic rings. The van der Waals surface area contributed by atoms with E-state index in [4.69, 9.17) is 65.1 Å². The van der Waals surface area contributed by atoms with Crippen molar-refractivity contribution in [3.05, 3.63) is 0 Å². The third kappa shape index (κ3) is 26.1. The molecule has 0 radical (unpaired) electrons. The summed E-state index contributed by atoms with van der Waals surface area (Å²) in [7, 11) is 0. The van der Waals surface area contributed by atoms with Crippen LogP contribution in [0.25, 0.3) is 0 Å². The lowest BCUT2D eigenvalue weighted by molar-refractivity contribution is -0.135. The zero-order valence-electron chi connectivity index (χ0n) is 16.8. The summed E-state index contributed by atoms with van der Waals surface area (Å²) in [5.41, 5.74) is -2.32. The van der Waals surface area contributed by atoms with Crippen molar-refractivity contribution in [2.45, 2.75) is 20.8 Å². The third-order valence-corrected chi connectivity index (χ3v) is 2.83. The zero-order chi connectivity index (χ0) is 24.1. The van der Waals surface area contributed by atoms with Crippen LogP contribution in [0.15, 0.2) is 0 Å². The Labute approximate surface area is 168 Å². The number of carboxylic acids is 3. The van der Waals surface area contributed by atoms with Gasteiger partial charge in [0, 0.05) is 20.8 Å². The maximum atomic E-state index is 9.03. The number of carbonyl (C=O) groups is 3. The highest BCUT2D eigenvalue weighted by Gasteiger charge is 2.32. The molecule has 0 fully saturated rings. The lowest BCUT2D eigenvalue weighted by Gasteiger charge is -2.31. The maximum Gasteiger partial charge on any atom is 0.300 e. The van der Waals surface area contributed by atoms with Gasteiger partial charge in [0.15, 0.2) is 0 Å². The van der Waals surface area contributed by atoms with Crippen molar-refractivity contribution in [2.24, 2.45) is 10.8 Å². The summed E-state index contributed by atoms with van der Waals surface area (Å²) >= 11 is 0. The van der Waals surface area contributed by atoms with Crippen molar-refractivity contribution in [1.29, 1.82) is 0 Å². The second kappa shape index (κ2) is 20.9. The largest absolute Gasteiger partial charge is 0.481 e. The Morgan fingerprint density at radius 3 is 0.793 bits per heavy atom. The molecule has 13 nitrogen and oxygen atoms in total. The maximum absolute atomic E-state index is 9.03. The lowest BCUT2D eigenvalue weighted by Crippen LogP contribution is -2.43. The van der Waals surface area contributed by atoms with Crippen LogP contribution in [-0.4, -0.2) is 117 Å². The van der Waals surface area contributed by atoms with E-state index >= 15 is 0 Å². The minimum absolute atomic E-state index is 0.141. The van der Waals surface area contributed by atoms with E-state index in [9.17, 15) is 0 Å². The van der Waals surface area contributed by atoms with Gasteiger partial charge in [-0.05, 0) is 0 Å². The molecule has 9 N–H and O–H groups in total. The molecule has 0 rings (SSSR count). The Morgan fingerprint density at radius 1 is 0.552 bits per heavy atom. The fourth-order valence-electron chi connectivity index (χ4n) is 1.06. The topological polar surface area (TPSA) is 243 Å². The van der Waals surface area contributed by atoms with Crippen LogP contribution >= 0.6 is 0 Å². The van der Waals surface area contributed by atoms with Crippen LogP contribution in [0, 0.1) is 10.8 Å². The van der Waals surface area contributed by atoms with E-state index in [-0.39, 0.29) is 13.2 Å². The molecule has 0 amide bonds. The molecule has 0 aliphatic heterocycles. The van der Waals surface area contributed by atoms with Gasteiger partial charge in [0.1, 0.15) is 0 Å². The number of carboxylic acid groups (broad SMARTS) is 3. The van der Waals surface area contributed by atoms with Gasteiger partial charge < -0.3 is 50.7 Å². The number of ether oxygens (including phenoxy) is 1. The first kappa shape index (κ1) is 34.6. The second-order valence-electron chi connectivity index (χ2n) is 6.00. The first-order valence-electron chi connectivity index (χ1n) is 8.09. The summed E-state index contributed by atoms with van der Waals surface area (Å²) in [6, 6.07) is 0. The molecule has 0 aromatic heterocycles. The summed E-state index contributed by atoms with van der Waals surface area (Å²) in [6.45, 7) is 0.245. The molecule has 0 atom stereocenters. The summed E-state index contributed by atoms with van der Waals surface area (Å²) in [6.07, 6.45) is 0. The number of rotatable bonds is 10. The van der Waals surface area contributed by atoms with E-state index in [1.807, 2.05) is 0 Å². The molecule has 176 valence electrons. The summed E-state index contributed by atoms with van der Waals surface area (Å²) in [5.74, 6) is -2.50. The Kier molecular flexibility index (Phi) is 24.9. The van der Waals surface area contributed by atoms with Crippen LogP contribution in [0.4, 0.5) is 0 Å². The van der Waals surface area contributed by atoms with Crippen LogP contribution in [-0.2, 0) is 19.1 Å². The predicted molar refractivity (Wildman–Crippen MR) is 98.1 cm³/mol. The van der Waals surface area contributed by atoms with Crippen LogP contribution in [0.2, 0.25) is 0 Å². The number of hydrogen-bond acceptors (Lipinski definition) is 10. The van der Waals surface area contributed by atoms with Crippen LogP contribution in [0.5, 0.6) is 0 Å². The molecular weight excluding hydrogens is 400 g/mol. The standard InChI is InChI=1S/C10H22O7.3C2H4O2/c11-1-9(2-12,3-13)7-17-8-10(4-14,5-15)6-16;3*1-2(3)4/h11-16H,1-8H2;3*1H3,(H,3,4). The van der Waals surface area contributed by atoms with Gasteiger partial charge in [0.2, 0.25) is 0 Å². The number of aliphatic hydroxyl groups excluding tert-OH is 6. The van der Waals surface area contributed by atoms with Crippen molar-refractivity contribution >= 4 is 17.9 Å². The van der Waals surface area contributed by atoms with Gasteiger partial charge in [0.05, 0.1) is 63.7 Å². The molecule has 13 heteroatoms. The predicted octanol–water partition coefficient (Wildman–Crippen LogP) is -2.80. The SMILES string of the molecule is CC(=O)O.CC(=O)O.CC(=O)O.OCC(CO)(CO)COCC(CO)(CO)CO. The van der Waals surface area contributed by atoms with Gasteiger partial charge in [0.25, 0.3) is 17.9 Å². The van der Waals surface area contributed by atoms with Crippen LogP contribution < -0.4 is 0 Å². The van der Waals surface area contributed by atoms with Gasteiger partial charge in [-0.25, -0.2) is 0 Å². The molecule has 0 bridgehead atoms. The average Bonchev–Trinajstić information content (AvgIpc) is 2.62. The quantitative estimate of drug-likeness (QED) is 0.169. The Hall–Kier alpha value is -1.87.